The SMILES string of the molecule is CCCCCCCCCCCCCCCCCCCCC(=O)O[C@H](COC(=O)CCCCCCCCCCCCCCCCC(C)C)COP(=O)(O)OC[C@@H](O)COP(=O)(O)OC[C@@H](COC(=O)CCCCCCCCCCCC)OC(=O)CCCCCCCCCCC(C)CC. The van der Waals surface area contributed by atoms with Crippen LogP contribution in [0.25, 0.3) is 0 Å². The van der Waals surface area contributed by atoms with E-state index in [0.29, 0.717) is 25.7 Å². The Balaban J connectivity index is 5.24. The number of aliphatic hydroxyl groups is 1. The van der Waals surface area contributed by atoms with Gasteiger partial charge < -0.3 is 33.8 Å². The van der Waals surface area contributed by atoms with Crippen LogP contribution in [0.4, 0.5) is 0 Å². The van der Waals surface area contributed by atoms with Crippen molar-refractivity contribution in [3.05, 3.63) is 0 Å². The van der Waals surface area contributed by atoms with Crippen LogP contribution in [0, 0.1) is 11.8 Å². The summed E-state index contributed by atoms with van der Waals surface area (Å²) in [7, 11) is -9.91. The quantitative estimate of drug-likeness (QED) is 0.0222. The molecule has 0 aliphatic rings. The van der Waals surface area contributed by atoms with E-state index < -0.39 is 97.5 Å². The van der Waals surface area contributed by atoms with Gasteiger partial charge in [-0.05, 0) is 37.5 Å². The first kappa shape index (κ1) is 95.1. The van der Waals surface area contributed by atoms with Gasteiger partial charge in [-0.25, -0.2) is 9.13 Å². The van der Waals surface area contributed by atoms with E-state index in [0.717, 1.165) is 102 Å². The summed E-state index contributed by atoms with van der Waals surface area (Å²) in [4.78, 5) is 72.9. The van der Waals surface area contributed by atoms with Crippen LogP contribution in [0.1, 0.15) is 408 Å². The predicted molar refractivity (Wildman–Crippen MR) is 395 cm³/mol. The highest BCUT2D eigenvalue weighted by molar-refractivity contribution is 7.47. The zero-order valence-corrected chi connectivity index (χ0v) is 65.2. The molecule has 0 aromatic heterocycles. The second-order valence-corrected chi connectivity index (χ2v) is 31.7. The van der Waals surface area contributed by atoms with Gasteiger partial charge in [0, 0.05) is 25.7 Å². The maximum Gasteiger partial charge on any atom is 0.472 e. The Morgan fingerprint density at radius 1 is 0.299 bits per heavy atom. The van der Waals surface area contributed by atoms with Crippen LogP contribution in [-0.2, 0) is 65.4 Å². The number of ether oxygens (including phenoxy) is 4. The van der Waals surface area contributed by atoms with E-state index in [2.05, 4.69) is 41.5 Å². The van der Waals surface area contributed by atoms with E-state index in [4.69, 9.17) is 37.0 Å². The molecule has 0 rings (SSSR count). The molecule has 576 valence electrons. The molecule has 0 heterocycles. The molecule has 97 heavy (non-hydrogen) atoms. The minimum absolute atomic E-state index is 0.105. The second kappa shape index (κ2) is 69.8. The van der Waals surface area contributed by atoms with Gasteiger partial charge in [0.15, 0.2) is 12.2 Å². The van der Waals surface area contributed by atoms with Crippen LogP contribution in [0.5, 0.6) is 0 Å². The minimum atomic E-state index is -4.96. The Labute approximate surface area is 594 Å². The molecule has 0 amide bonds. The molecule has 6 atom stereocenters. The van der Waals surface area contributed by atoms with Gasteiger partial charge in [-0.15, -0.1) is 0 Å². The van der Waals surface area contributed by atoms with Crippen molar-refractivity contribution in [3.8, 4) is 0 Å². The number of rotatable bonds is 77. The fourth-order valence-corrected chi connectivity index (χ4v) is 13.6. The summed E-state index contributed by atoms with van der Waals surface area (Å²) in [6, 6.07) is 0. The van der Waals surface area contributed by atoms with Crippen molar-refractivity contribution in [1.82, 2.24) is 0 Å². The number of hydrogen-bond acceptors (Lipinski definition) is 15. The standard InChI is InChI=1S/C78H152O17P2/c1-7-10-12-14-16-18-20-21-22-23-24-25-30-33-37-44-50-56-62-77(82)94-73(66-89-76(81)61-55-49-43-36-32-29-27-26-28-31-34-40-46-52-58-70(4)5)68-92-96(84,85)90-64-72(79)65-91-97(86,87)93-69-74(67-88-75(80)60-54-48-42-35-19-17-15-13-11-8-2)95-78(83)63-57-51-45-39-38-41-47-53-59-71(6)9-3/h70-74,79H,7-69H2,1-6H3,(H,84,85)(H,86,87)/t71?,72-,73-,74-/m1/s1. The van der Waals surface area contributed by atoms with Gasteiger partial charge in [-0.2, -0.15) is 0 Å². The zero-order chi connectivity index (χ0) is 71.4. The molecule has 0 fully saturated rings. The van der Waals surface area contributed by atoms with Gasteiger partial charge in [0.1, 0.15) is 19.3 Å². The van der Waals surface area contributed by atoms with Crippen LogP contribution in [0.2, 0.25) is 0 Å². The Bertz CT molecular complexity index is 1870. The summed E-state index contributed by atoms with van der Waals surface area (Å²) in [5.41, 5.74) is 0. The van der Waals surface area contributed by atoms with Gasteiger partial charge in [0.2, 0.25) is 0 Å². The molecule has 0 bridgehead atoms. The molecule has 3 N–H and O–H groups in total. The molecular formula is C78H152O17P2. The lowest BCUT2D eigenvalue weighted by molar-refractivity contribution is -0.161. The normalized spacial score (nSPS) is 14.2. The molecular weight excluding hydrogens is 1270 g/mol. The Hall–Kier alpha value is -1.94. The number of phosphoric acid groups is 2. The minimum Gasteiger partial charge on any atom is -0.462 e. The average molecular weight is 1420 g/mol. The van der Waals surface area contributed by atoms with E-state index in [9.17, 15) is 43.2 Å². The van der Waals surface area contributed by atoms with Gasteiger partial charge in [-0.3, -0.25) is 37.3 Å². The number of carbonyl (C=O) groups excluding carboxylic acids is 4. The van der Waals surface area contributed by atoms with Crippen LogP contribution < -0.4 is 0 Å². The molecule has 17 nitrogen and oxygen atoms in total. The third-order valence-corrected chi connectivity index (χ3v) is 20.5. The first-order valence-electron chi connectivity index (χ1n) is 40.5. The second-order valence-electron chi connectivity index (χ2n) is 28.8. The highest BCUT2D eigenvalue weighted by Gasteiger charge is 2.30. The van der Waals surface area contributed by atoms with Crippen molar-refractivity contribution in [2.45, 2.75) is 426 Å². The number of esters is 4. The third kappa shape index (κ3) is 70.9. The molecule has 0 spiro atoms. The predicted octanol–water partition coefficient (Wildman–Crippen LogP) is 23.1. The lowest BCUT2D eigenvalue weighted by Gasteiger charge is -2.21. The smallest absolute Gasteiger partial charge is 0.462 e. The molecule has 0 saturated carbocycles. The number of hydrogen-bond donors (Lipinski definition) is 3. The number of phosphoric ester groups is 2. The molecule has 19 heteroatoms. The highest BCUT2D eigenvalue weighted by atomic mass is 31.2. The van der Waals surface area contributed by atoms with Crippen LogP contribution >= 0.6 is 15.6 Å². The van der Waals surface area contributed by atoms with Gasteiger partial charge in [0.05, 0.1) is 26.4 Å². The van der Waals surface area contributed by atoms with Gasteiger partial charge in [0.25, 0.3) is 0 Å². The summed E-state index contributed by atoms with van der Waals surface area (Å²) >= 11 is 0. The first-order valence-corrected chi connectivity index (χ1v) is 43.5. The summed E-state index contributed by atoms with van der Waals surface area (Å²) in [5.74, 6) is -0.545. The number of carbonyl (C=O) groups is 4. The third-order valence-electron chi connectivity index (χ3n) is 18.6. The molecule has 0 radical (unpaired) electrons. The average Bonchev–Trinajstić information content (AvgIpc) is 1.35. The Morgan fingerprint density at radius 2 is 0.526 bits per heavy atom. The molecule has 0 aliphatic carbocycles. The Kier molecular flexibility index (Phi) is 68.4. The van der Waals surface area contributed by atoms with Gasteiger partial charge >= 0.3 is 39.5 Å². The van der Waals surface area contributed by atoms with Crippen molar-refractivity contribution >= 4 is 39.5 Å². The molecule has 0 saturated heterocycles. The van der Waals surface area contributed by atoms with Gasteiger partial charge in [-0.1, -0.05) is 356 Å². The van der Waals surface area contributed by atoms with E-state index in [1.54, 1.807) is 0 Å². The van der Waals surface area contributed by atoms with Crippen molar-refractivity contribution in [2.75, 3.05) is 39.6 Å². The first-order chi connectivity index (χ1) is 46.9. The topological polar surface area (TPSA) is 237 Å². The Morgan fingerprint density at radius 3 is 0.784 bits per heavy atom. The van der Waals surface area contributed by atoms with E-state index in [1.165, 1.54) is 225 Å². The largest absolute Gasteiger partial charge is 0.472 e. The maximum absolute atomic E-state index is 13.1. The van der Waals surface area contributed by atoms with Crippen molar-refractivity contribution in [3.63, 3.8) is 0 Å². The monoisotopic (exact) mass is 1420 g/mol. The maximum atomic E-state index is 13.1. The summed E-state index contributed by atoms with van der Waals surface area (Å²) in [6.45, 7) is 9.63. The summed E-state index contributed by atoms with van der Waals surface area (Å²) < 4.78 is 68.6. The van der Waals surface area contributed by atoms with Crippen molar-refractivity contribution in [2.24, 2.45) is 11.8 Å². The van der Waals surface area contributed by atoms with Crippen molar-refractivity contribution < 1.29 is 80.2 Å². The van der Waals surface area contributed by atoms with Crippen LogP contribution in [0.3, 0.4) is 0 Å². The molecule has 3 unspecified atom stereocenters. The fraction of sp³-hybridized carbons (Fsp3) is 0.949. The zero-order valence-electron chi connectivity index (χ0n) is 63.4. The van der Waals surface area contributed by atoms with Crippen LogP contribution in [-0.4, -0.2) is 96.7 Å². The van der Waals surface area contributed by atoms with Crippen molar-refractivity contribution in [1.29, 1.82) is 0 Å². The van der Waals surface area contributed by atoms with E-state index >= 15 is 0 Å². The lowest BCUT2D eigenvalue weighted by Crippen LogP contribution is -2.30. The molecule has 0 aromatic carbocycles. The number of unbranched alkanes of at least 4 members (excludes halogenated alkanes) is 46. The van der Waals surface area contributed by atoms with E-state index in [1.807, 2.05) is 0 Å². The summed E-state index contributed by atoms with van der Waals surface area (Å²) in [6.07, 6.45) is 58.2. The fourth-order valence-electron chi connectivity index (χ4n) is 12.0. The highest BCUT2D eigenvalue weighted by Crippen LogP contribution is 2.45. The van der Waals surface area contributed by atoms with Crippen LogP contribution in [0.15, 0.2) is 0 Å². The number of aliphatic hydroxyl groups excluding tert-OH is 1. The molecule has 0 aliphatic heterocycles. The lowest BCUT2D eigenvalue weighted by atomic mass is 9.99. The summed E-state index contributed by atoms with van der Waals surface area (Å²) in [5, 5.41) is 10.6. The van der Waals surface area contributed by atoms with E-state index in [-0.39, 0.29) is 25.7 Å². The molecule has 0 aromatic rings.